The van der Waals surface area contributed by atoms with Crippen LogP contribution in [0, 0.1) is 5.92 Å². The summed E-state index contributed by atoms with van der Waals surface area (Å²) in [5, 5.41) is 7.66. The minimum atomic E-state index is 0.699. The average molecular weight is 282 g/mol. The highest BCUT2D eigenvalue weighted by Crippen LogP contribution is 2.22. The van der Waals surface area contributed by atoms with Crippen molar-refractivity contribution in [2.45, 2.75) is 52.1 Å². The van der Waals surface area contributed by atoms with Crippen LogP contribution in [0.5, 0.6) is 0 Å². The molecule has 0 aromatic carbocycles. The molecule has 1 aliphatic carbocycles. The van der Waals surface area contributed by atoms with Crippen molar-refractivity contribution >= 4 is 17.4 Å². The second-order valence-electron chi connectivity index (χ2n) is 5.38. The molecule has 2 rings (SSSR count). The van der Waals surface area contributed by atoms with Crippen molar-refractivity contribution in [3.63, 3.8) is 0 Å². The maximum Gasteiger partial charge on any atom is 0.126 e. The molecule has 1 aromatic rings. The molecule has 0 spiro atoms. The summed E-state index contributed by atoms with van der Waals surface area (Å²) < 4.78 is 0. The highest BCUT2D eigenvalue weighted by molar-refractivity contribution is 6.31. The lowest BCUT2D eigenvalue weighted by atomic mass is 10.0. The number of aromatic nitrogens is 1. The smallest absolute Gasteiger partial charge is 0.126 e. The van der Waals surface area contributed by atoms with Crippen LogP contribution < -0.4 is 10.6 Å². The average Bonchev–Trinajstić information content (AvgIpc) is 3.24. The highest BCUT2D eigenvalue weighted by Gasteiger charge is 2.20. The van der Waals surface area contributed by atoms with Crippen molar-refractivity contribution in [1.82, 2.24) is 10.3 Å². The van der Waals surface area contributed by atoms with Crippen molar-refractivity contribution in [3.05, 3.63) is 22.8 Å². The fourth-order valence-corrected chi connectivity index (χ4v) is 2.25. The van der Waals surface area contributed by atoms with Crippen LogP contribution in [0.4, 0.5) is 5.82 Å². The maximum atomic E-state index is 6.19. The van der Waals surface area contributed by atoms with E-state index in [1.165, 1.54) is 25.7 Å². The first kappa shape index (κ1) is 14.6. The molecule has 0 radical (unpaired) electrons. The second kappa shape index (κ2) is 7.11. The van der Waals surface area contributed by atoms with E-state index in [4.69, 9.17) is 11.6 Å². The summed E-state index contributed by atoms with van der Waals surface area (Å²) in [6.45, 7) is 6.29. The van der Waals surface area contributed by atoms with E-state index < -0.39 is 0 Å². The number of anilines is 1. The quantitative estimate of drug-likeness (QED) is 0.760. The summed E-state index contributed by atoms with van der Waals surface area (Å²) >= 11 is 6.19. The summed E-state index contributed by atoms with van der Waals surface area (Å²) in [6.07, 6.45) is 6.74. The van der Waals surface area contributed by atoms with E-state index in [9.17, 15) is 0 Å². The van der Waals surface area contributed by atoms with Crippen LogP contribution in [0.1, 0.15) is 45.1 Å². The van der Waals surface area contributed by atoms with E-state index in [0.29, 0.717) is 12.0 Å². The Kier molecular flexibility index (Phi) is 5.46. The zero-order valence-electron chi connectivity index (χ0n) is 11.9. The Morgan fingerprint density at radius 1 is 1.37 bits per heavy atom. The summed E-state index contributed by atoms with van der Waals surface area (Å²) in [7, 11) is 0. The largest absolute Gasteiger partial charge is 0.370 e. The lowest BCUT2D eigenvalue weighted by Crippen LogP contribution is -2.17. The molecule has 1 heterocycles. The Morgan fingerprint density at radius 3 is 2.74 bits per heavy atom. The van der Waals surface area contributed by atoms with Crippen molar-refractivity contribution in [1.29, 1.82) is 0 Å². The van der Waals surface area contributed by atoms with Gasteiger partial charge in [0.25, 0.3) is 0 Å². The van der Waals surface area contributed by atoms with E-state index in [2.05, 4.69) is 35.5 Å². The summed E-state index contributed by atoms with van der Waals surface area (Å²) in [4.78, 5) is 4.35. The third kappa shape index (κ3) is 4.66. The third-order valence-electron chi connectivity index (χ3n) is 3.82. The zero-order valence-corrected chi connectivity index (χ0v) is 12.6. The molecule has 3 nitrogen and oxygen atoms in total. The highest BCUT2D eigenvalue weighted by atomic mass is 35.5. The third-order valence-corrected chi connectivity index (χ3v) is 4.16. The first-order valence-electron chi connectivity index (χ1n) is 7.34. The number of hydrogen-bond acceptors (Lipinski definition) is 3. The standard InChI is InChI=1S/C15H24ClN3/c1-3-11(4-2)8-18-15-7-12(14(16)10-19-15)9-17-13-5-6-13/h7,10-11,13,17H,3-6,8-9H2,1-2H3,(H,18,19). The SMILES string of the molecule is CCC(CC)CNc1cc(CNC2CC2)c(Cl)cn1. The molecule has 0 bridgehead atoms. The topological polar surface area (TPSA) is 37.0 Å². The van der Waals surface area contributed by atoms with Gasteiger partial charge in [0.05, 0.1) is 5.02 Å². The first-order chi connectivity index (χ1) is 9.22. The van der Waals surface area contributed by atoms with Crippen LogP contribution in [0.15, 0.2) is 12.3 Å². The normalized spacial score (nSPS) is 14.9. The lowest BCUT2D eigenvalue weighted by molar-refractivity contribution is 0.518. The second-order valence-corrected chi connectivity index (χ2v) is 5.79. The van der Waals surface area contributed by atoms with E-state index in [-0.39, 0.29) is 0 Å². The van der Waals surface area contributed by atoms with Gasteiger partial charge in [-0.3, -0.25) is 0 Å². The molecule has 106 valence electrons. The number of nitrogens with one attached hydrogen (secondary N) is 2. The van der Waals surface area contributed by atoms with Crippen molar-refractivity contribution in [3.8, 4) is 0 Å². The molecule has 1 saturated carbocycles. The number of halogens is 1. The van der Waals surface area contributed by atoms with Crippen LogP contribution in [0.3, 0.4) is 0 Å². The Labute approximate surface area is 121 Å². The van der Waals surface area contributed by atoms with Crippen LogP contribution in [0.25, 0.3) is 0 Å². The van der Waals surface area contributed by atoms with Gasteiger partial charge in [-0.2, -0.15) is 0 Å². The van der Waals surface area contributed by atoms with Gasteiger partial charge in [0.2, 0.25) is 0 Å². The van der Waals surface area contributed by atoms with Gasteiger partial charge in [-0.1, -0.05) is 38.3 Å². The molecule has 0 aliphatic heterocycles. The van der Waals surface area contributed by atoms with Crippen molar-refractivity contribution < 1.29 is 0 Å². The monoisotopic (exact) mass is 281 g/mol. The molecule has 0 saturated heterocycles. The predicted molar refractivity (Wildman–Crippen MR) is 81.7 cm³/mol. The molecule has 1 aliphatic rings. The van der Waals surface area contributed by atoms with Crippen LogP contribution >= 0.6 is 11.6 Å². The first-order valence-corrected chi connectivity index (χ1v) is 7.72. The van der Waals surface area contributed by atoms with Crippen molar-refractivity contribution in [2.24, 2.45) is 5.92 Å². The Bertz CT molecular complexity index is 400. The molecule has 19 heavy (non-hydrogen) atoms. The molecule has 0 atom stereocenters. The predicted octanol–water partition coefficient (Wildman–Crippen LogP) is 3.84. The molecule has 0 unspecified atom stereocenters. The molecular formula is C15H24ClN3. The maximum absolute atomic E-state index is 6.19. The Balaban J connectivity index is 1.90. The molecule has 4 heteroatoms. The molecule has 1 fully saturated rings. The van der Waals surface area contributed by atoms with Crippen LogP contribution in [0.2, 0.25) is 5.02 Å². The summed E-state index contributed by atoms with van der Waals surface area (Å²) in [6, 6.07) is 2.77. The lowest BCUT2D eigenvalue weighted by Gasteiger charge is -2.14. The van der Waals surface area contributed by atoms with Gasteiger partial charge in [-0.05, 0) is 30.4 Å². The molecule has 2 N–H and O–H groups in total. The number of pyridine rings is 1. The number of nitrogens with zero attached hydrogens (tertiary/aromatic N) is 1. The minimum Gasteiger partial charge on any atom is -0.370 e. The van der Waals surface area contributed by atoms with E-state index >= 15 is 0 Å². The molecule has 1 aromatic heterocycles. The van der Waals surface area contributed by atoms with E-state index in [1.54, 1.807) is 6.20 Å². The van der Waals surface area contributed by atoms with Gasteiger partial charge in [-0.25, -0.2) is 4.98 Å². The van der Waals surface area contributed by atoms with Gasteiger partial charge in [0, 0.05) is 25.3 Å². The minimum absolute atomic E-state index is 0.699. The summed E-state index contributed by atoms with van der Waals surface area (Å²) in [5.74, 6) is 1.65. The van der Waals surface area contributed by atoms with E-state index in [1.807, 2.05) is 0 Å². The summed E-state index contributed by atoms with van der Waals surface area (Å²) in [5.41, 5.74) is 1.13. The van der Waals surface area contributed by atoms with Gasteiger partial charge in [0.15, 0.2) is 0 Å². The number of hydrogen-bond donors (Lipinski definition) is 2. The Hall–Kier alpha value is -0.800. The van der Waals surface area contributed by atoms with Crippen molar-refractivity contribution in [2.75, 3.05) is 11.9 Å². The Morgan fingerprint density at radius 2 is 2.11 bits per heavy atom. The van der Waals surface area contributed by atoms with Gasteiger partial charge in [0.1, 0.15) is 5.82 Å². The van der Waals surface area contributed by atoms with Gasteiger partial charge >= 0.3 is 0 Å². The van der Waals surface area contributed by atoms with E-state index in [0.717, 1.165) is 29.5 Å². The fourth-order valence-electron chi connectivity index (χ4n) is 2.08. The van der Waals surface area contributed by atoms with Gasteiger partial charge in [-0.15, -0.1) is 0 Å². The fraction of sp³-hybridized carbons (Fsp3) is 0.667. The molecule has 0 amide bonds. The zero-order chi connectivity index (χ0) is 13.7. The molecular weight excluding hydrogens is 258 g/mol. The van der Waals surface area contributed by atoms with Crippen LogP contribution in [-0.2, 0) is 6.54 Å². The number of rotatable bonds is 8. The van der Waals surface area contributed by atoms with Gasteiger partial charge < -0.3 is 10.6 Å². The van der Waals surface area contributed by atoms with Crippen LogP contribution in [-0.4, -0.2) is 17.6 Å².